The van der Waals surface area contributed by atoms with Crippen molar-refractivity contribution in [2.24, 2.45) is 0 Å². The molecular weight excluding hydrogens is 388 g/mol. The molecule has 0 unspecified atom stereocenters. The van der Waals surface area contributed by atoms with Gasteiger partial charge in [0.05, 0.1) is 19.2 Å². The number of likely N-dealkylation sites (tertiary alicyclic amines) is 1. The molecule has 1 atom stereocenters. The Bertz CT molecular complexity index is 995. The molecule has 1 amide bonds. The maximum Gasteiger partial charge on any atom is 0.236 e. The molecule has 0 spiro atoms. The second-order valence-corrected chi connectivity index (χ2v) is 8.96. The number of fused-ring (bicyclic) bond motifs is 3. The van der Waals surface area contributed by atoms with Gasteiger partial charge >= 0.3 is 0 Å². The maximum atomic E-state index is 12.4. The first-order valence-electron chi connectivity index (χ1n) is 11.6. The van der Waals surface area contributed by atoms with Crippen LogP contribution in [0.25, 0.3) is 21.8 Å². The van der Waals surface area contributed by atoms with E-state index >= 15 is 0 Å². The van der Waals surface area contributed by atoms with E-state index < -0.39 is 6.10 Å². The number of benzene rings is 2. The van der Waals surface area contributed by atoms with E-state index in [1.165, 1.54) is 21.8 Å². The third kappa shape index (κ3) is 4.33. The summed E-state index contributed by atoms with van der Waals surface area (Å²) in [6, 6.07) is 16.9. The van der Waals surface area contributed by atoms with E-state index in [4.69, 9.17) is 0 Å². The average Bonchev–Trinajstić information content (AvgIpc) is 3.43. The number of nitrogens with zero attached hydrogens (tertiary/aromatic N) is 4. The SMILES string of the molecule is O=C(CN1CCN(C[C@H](O)Cn2c3ccccc3c3ccccc32)CC1)N1CCCC1. The van der Waals surface area contributed by atoms with Crippen molar-refractivity contribution in [1.29, 1.82) is 0 Å². The third-order valence-electron chi connectivity index (χ3n) is 6.82. The van der Waals surface area contributed by atoms with Gasteiger partial charge < -0.3 is 14.6 Å². The maximum absolute atomic E-state index is 12.4. The summed E-state index contributed by atoms with van der Waals surface area (Å²) >= 11 is 0. The molecule has 2 fully saturated rings. The highest BCUT2D eigenvalue weighted by Gasteiger charge is 2.24. The summed E-state index contributed by atoms with van der Waals surface area (Å²) in [5, 5.41) is 13.4. The Labute approximate surface area is 183 Å². The van der Waals surface area contributed by atoms with Crippen LogP contribution >= 0.6 is 0 Å². The zero-order valence-electron chi connectivity index (χ0n) is 18.1. The molecule has 1 aromatic heterocycles. The average molecular weight is 421 g/mol. The normalized spacial score (nSPS) is 19.5. The Morgan fingerprint density at radius 2 is 1.32 bits per heavy atom. The molecular formula is C25H32N4O2. The fourth-order valence-electron chi connectivity index (χ4n) is 5.15. The molecule has 2 aliphatic heterocycles. The van der Waals surface area contributed by atoms with E-state index in [-0.39, 0.29) is 5.91 Å². The number of aromatic nitrogens is 1. The first-order chi connectivity index (χ1) is 15.2. The van der Waals surface area contributed by atoms with Crippen LogP contribution in [0.1, 0.15) is 12.8 Å². The Hall–Kier alpha value is -2.41. The van der Waals surface area contributed by atoms with Gasteiger partial charge in [-0.05, 0) is 25.0 Å². The molecule has 6 heteroatoms. The number of hydrogen-bond donors (Lipinski definition) is 1. The smallest absolute Gasteiger partial charge is 0.236 e. The van der Waals surface area contributed by atoms with Gasteiger partial charge in [-0.3, -0.25) is 14.6 Å². The Morgan fingerprint density at radius 3 is 1.94 bits per heavy atom. The lowest BCUT2D eigenvalue weighted by Gasteiger charge is -2.36. The topological polar surface area (TPSA) is 52.0 Å². The summed E-state index contributed by atoms with van der Waals surface area (Å²) in [6.45, 7) is 7.22. The zero-order chi connectivity index (χ0) is 21.2. The van der Waals surface area contributed by atoms with Gasteiger partial charge in [-0.1, -0.05) is 36.4 Å². The molecule has 2 saturated heterocycles. The van der Waals surface area contributed by atoms with E-state index in [0.717, 1.165) is 52.1 Å². The molecule has 0 aliphatic carbocycles. The highest BCUT2D eigenvalue weighted by Crippen LogP contribution is 2.28. The second-order valence-electron chi connectivity index (χ2n) is 8.96. The molecule has 3 aromatic rings. The van der Waals surface area contributed by atoms with E-state index in [9.17, 15) is 9.90 Å². The van der Waals surface area contributed by atoms with Crippen molar-refractivity contribution >= 4 is 27.7 Å². The number of aliphatic hydroxyl groups excluding tert-OH is 1. The van der Waals surface area contributed by atoms with Gasteiger partial charge in [-0.15, -0.1) is 0 Å². The zero-order valence-corrected chi connectivity index (χ0v) is 18.1. The molecule has 5 rings (SSSR count). The summed E-state index contributed by atoms with van der Waals surface area (Å²) in [7, 11) is 0. The van der Waals surface area contributed by atoms with E-state index in [1.54, 1.807) is 0 Å². The number of amides is 1. The van der Waals surface area contributed by atoms with Crippen LogP contribution < -0.4 is 0 Å². The minimum Gasteiger partial charge on any atom is -0.390 e. The van der Waals surface area contributed by atoms with Crippen LogP contribution in [0.3, 0.4) is 0 Å². The monoisotopic (exact) mass is 420 g/mol. The van der Waals surface area contributed by atoms with Gasteiger partial charge in [0.2, 0.25) is 5.91 Å². The molecule has 2 aliphatic rings. The Morgan fingerprint density at radius 1 is 0.774 bits per heavy atom. The number of para-hydroxylation sites is 2. The van der Waals surface area contributed by atoms with Crippen molar-refractivity contribution in [2.75, 3.05) is 52.4 Å². The van der Waals surface area contributed by atoms with Crippen LogP contribution in [0.5, 0.6) is 0 Å². The lowest BCUT2D eigenvalue weighted by Crippen LogP contribution is -2.51. The summed E-state index contributed by atoms with van der Waals surface area (Å²) in [6.07, 6.45) is 1.85. The number of β-amino-alcohol motifs (C(OH)–C–C–N with tert-alkyl or cyclic N) is 1. The van der Waals surface area contributed by atoms with Gasteiger partial charge in [0.1, 0.15) is 0 Å². The first-order valence-corrected chi connectivity index (χ1v) is 11.6. The summed E-state index contributed by atoms with van der Waals surface area (Å²) in [5.74, 6) is 0.275. The van der Waals surface area contributed by atoms with Gasteiger partial charge in [0.15, 0.2) is 0 Å². The highest BCUT2D eigenvalue weighted by molar-refractivity contribution is 6.07. The standard InChI is InChI=1S/C25H32N4O2/c30-20(17-26-13-15-27(16-14-26)19-25(31)28-11-5-6-12-28)18-29-23-9-3-1-7-21(23)22-8-2-4-10-24(22)29/h1-4,7-10,20,30H,5-6,11-19H2/t20-/m0/s1. The summed E-state index contributed by atoms with van der Waals surface area (Å²) in [4.78, 5) is 19.0. The van der Waals surface area contributed by atoms with Crippen molar-refractivity contribution in [2.45, 2.75) is 25.5 Å². The largest absolute Gasteiger partial charge is 0.390 e. The van der Waals surface area contributed by atoms with E-state index in [2.05, 4.69) is 62.9 Å². The number of piperazine rings is 1. The molecule has 0 saturated carbocycles. The lowest BCUT2D eigenvalue weighted by atomic mass is 10.2. The molecule has 1 N–H and O–H groups in total. The Kier molecular flexibility index (Phi) is 5.94. The van der Waals surface area contributed by atoms with Gasteiger partial charge in [0.25, 0.3) is 0 Å². The quantitative estimate of drug-likeness (QED) is 0.665. The van der Waals surface area contributed by atoms with Crippen LogP contribution in [-0.2, 0) is 11.3 Å². The molecule has 3 heterocycles. The third-order valence-corrected chi connectivity index (χ3v) is 6.82. The second kappa shape index (κ2) is 8.99. The van der Waals surface area contributed by atoms with Gasteiger partial charge in [-0.2, -0.15) is 0 Å². The predicted octanol–water partition coefficient (Wildman–Crippen LogP) is 2.40. The number of carbonyl (C=O) groups excluding carboxylic acids is 1. The van der Waals surface area contributed by atoms with Crippen LogP contribution in [0.2, 0.25) is 0 Å². The molecule has 0 bridgehead atoms. The van der Waals surface area contributed by atoms with E-state index in [0.29, 0.717) is 19.6 Å². The fraction of sp³-hybridized carbons (Fsp3) is 0.480. The van der Waals surface area contributed by atoms with Crippen LogP contribution in [0.4, 0.5) is 0 Å². The van der Waals surface area contributed by atoms with Crippen LogP contribution in [-0.4, -0.2) is 88.7 Å². The van der Waals surface area contributed by atoms with Gasteiger partial charge in [0, 0.05) is 67.6 Å². The molecule has 164 valence electrons. The number of rotatable bonds is 6. The van der Waals surface area contributed by atoms with E-state index in [1.807, 2.05) is 4.90 Å². The number of carbonyl (C=O) groups is 1. The van der Waals surface area contributed by atoms with Crippen LogP contribution in [0.15, 0.2) is 48.5 Å². The number of hydrogen-bond acceptors (Lipinski definition) is 4. The number of aliphatic hydroxyl groups is 1. The fourth-order valence-corrected chi connectivity index (χ4v) is 5.15. The molecule has 0 radical (unpaired) electrons. The van der Waals surface area contributed by atoms with Crippen LogP contribution in [0, 0.1) is 0 Å². The van der Waals surface area contributed by atoms with Crippen molar-refractivity contribution in [3.8, 4) is 0 Å². The molecule has 31 heavy (non-hydrogen) atoms. The van der Waals surface area contributed by atoms with Gasteiger partial charge in [-0.25, -0.2) is 0 Å². The predicted molar refractivity (Wildman–Crippen MR) is 124 cm³/mol. The summed E-state index contributed by atoms with van der Waals surface area (Å²) < 4.78 is 2.25. The van der Waals surface area contributed by atoms with Crippen molar-refractivity contribution < 1.29 is 9.90 Å². The highest BCUT2D eigenvalue weighted by atomic mass is 16.3. The van der Waals surface area contributed by atoms with Crippen molar-refractivity contribution in [3.05, 3.63) is 48.5 Å². The Balaban J connectivity index is 1.18. The molecule has 6 nitrogen and oxygen atoms in total. The van der Waals surface area contributed by atoms with Crippen molar-refractivity contribution in [3.63, 3.8) is 0 Å². The molecule has 2 aromatic carbocycles. The minimum atomic E-state index is -0.433. The lowest BCUT2D eigenvalue weighted by molar-refractivity contribution is -0.131. The van der Waals surface area contributed by atoms with Crippen molar-refractivity contribution in [1.82, 2.24) is 19.3 Å². The summed E-state index contributed by atoms with van der Waals surface area (Å²) in [5.41, 5.74) is 2.35. The minimum absolute atomic E-state index is 0.275. The first kappa shape index (κ1) is 20.5.